The molecule has 0 heterocycles. The van der Waals surface area contributed by atoms with Gasteiger partial charge < -0.3 is 5.73 Å². The molecule has 0 fully saturated rings. The van der Waals surface area contributed by atoms with Crippen molar-refractivity contribution >= 4 is 27.6 Å². The Morgan fingerprint density at radius 3 is 2.47 bits per heavy atom. The van der Waals surface area contributed by atoms with E-state index < -0.39 is 16.0 Å². The summed E-state index contributed by atoms with van der Waals surface area (Å²) < 4.78 is 30.2. The van der Waals surface area contributed by atoms with E-state index in [0.29, 0.717) is 5.56 Å². The number of halogens is 1. The summed E-state index contributed by atoms with van der Waals surface area (Å²) in [6.07, 6.45) is -0.0788. The second-order valence-corrected chi connectivity index (χ2v) is 4.70. The molecule has 0 spiro atoms. The maximum atomic E-state index is 10.7. The zero-order valence-corrected chi connectivity index (χ0v) is 9.05. The molecular formula is C8H8ClNO4S. The van der Waals surface area contributed by atoms with E-state index in [1.54, 1.807) is 0 Å². The van der Waals surface area contributed by atoms with Crippen LogP contribution in [0.15, 0.2) is 23.1 Å². The molecule has 15 heavy (non-hydrogen) atoms. The molecule has 0 bridgehead atoms. The summed E-state index contributed by atoms with van der Waals surface area (Å²) in [7, 11) is -4.27. The minimum Gasteiger partial charge on any atom is -0.369 e. The van der Waals surface area contributed by atoms with Crippen LogP contribution in [0.5, 0.6) is 0 Å². The number of benzene rings is 1. The lowest BCUT2D eigenvalue weighted by molar-refractivity contribution is -0.117. The van der Waals surface area contributed by atoms with E-state index >= 15 is 0 Å². The van der Waals surface area contributed by atoms with Gasteiger partial charge in [0.2, 0.25) is 5.91 Å². The van der Waals surface area contributed by atoms with Crippen LogP contribution in [-0.2, 0) is 21.3 Å². The highest BCUT2D eigenvalue weighted by molar-refractivity contribution is 7.85. The van der Waals surface area contributed by atoms with Gasteiger partial charge in [0.1, 0.15) is 0 Å². The largest absolute Gasteiger partial charge is 0.369 e. The Bertz CT molecular complexity index is 497. The number of carbonyl (C=O) groups excluding carboxylic acids is 1. The molecule has 0 aliphatic rings. The van der Waals surface area contributed by atoms with Gasteiger partial charge in [-0.15, -0.1) is 0 Å². The van der Waals surface area contributed by atoms with Crippen molar-refractivity contribution in [1.29, 1.82) is 0 Å². The number of hydrogen-bond donors (Lipinski definition) is 2. The molecule has 0 aliphatic carbocycles. The molecule has 0 saturated heterocycles. The van der Waals surface area contributed by atoms with Gasteiger partial charge in [0.05, 0.1) is 11.3 Å². The van der Waals surface area contributed by atoms with Gasteiger partial charge in [-0.05, 0) is 17.7 Å². The van der Waals surface area contributed by atoms with Crippen LogP contribution >= 0.6 is 11.6 Å². The third kappa shape index (κ3) is 3.19. The molecule has 0 unspecified atom stereocenters. The first-order valence-electron chi connectivity index (χ1n) is 3.85. The maximum Gasteiger partial charge on any atom is 0.294 e. The topological polar surface area (TPSA) is 97.5 Å². The smallest absolute Gasteiger partial charge is 0.294 e. The van der Waals surface area contributed by atoms with Gasteiger partial charge in [-0.3, -0.25) is 9.35 Å². The van der Waals surface area contributed by atoms with E-state index in [-0.39, 0.29) is 16.3 Å². The summed E-state index contributed by atoms with van der Waals surface area (Å²) in [6.45, 7) is 0. The molecule has 1 aromatic carbocycles. The van der Waals surface area contributed by atoms with Gasteiger partial charge in [-0.25, -0.2) is 0 Å². The number of nitrogens with two attached hydrogens (primary N) is 1. The highest BCUT2D eigenvalue weighted by Crippen LogP contribution is 2.20. The first-order valence-corrected chi connectivity index (χ1v) is 5.66. The quantitative estimate of drug-likeness (QED) is 0.767. The third-order valence-electron chi connectivity index (χ3n) is 1.69. The molecule has 1 rings (SSSR count). The summed E-state index contributed by atoms with van der Waals surface area (Å²) in [5.41, 5.74) is 5.37. The Morgan fingerprint density at radius 2 is 2.07 bits per heavy atom. The summed E-state index contributed by atoms with van der Waals surface area (Å²) in [4.78, 5) is 10.3. The number of amides is 1. The third-order valence-corrected chi connectivity index (χ3v) is 2.89. The van der Waals surface area contributed by atoms with E-state index in [2.05, 4.69) is 0 Å². The van der Waals surface area contributed by atoms with Gasteiger partial charge in [0.25, 0.3) is 10.1 Å². The zero-order valence-electron chi connectivity index (χ0n) is 7.47. The van der Waals surface area contributed by atoms with Crippen molar-refractivity contribution in [3.63, 3.8) is 0 Å². The fraction of sp³-hybridized carbons (Fsp3) is 0.125. The molecule has 0 aromatic heterocycles. The summed E-state index contributed by atoms with van der Waals surface area (Å²) in [6, 6.07) is 3.55. The fourth-order valence-electron chi connectivity index (χ4n) is 1.02. The first-order chi connectivity index (χ1) is 6.80. The second kappa shape index (κ2) is 4.18. The molecule has 1 aromatic rings. The van der Waals surface area contributed by atoms with Gasteiger partial charge in [0.15, 0.2) is 0 Å². The van der Waals surface area contributed by atoms with E-state index in [0.717, 1.165) is 12.1 Å². The molecule has 3 N–H and O–H groups in total. The van der Waals surface area contributed by atoms with Gasteiger partial charge >= 0.3 is 0 Å². The molecule has 0 radical (unpaired) electrons. The summed E-state index contributed by atoms with van der Waals surface area (Å²) >= 11 is 5.70. The lowest BCUT2D eigenvalue weighted by Gasteiger charge is -2.03. The van der Waals surface area contributed by atoms with Crippen molar-refractivity contribution in [2.24, 2.45) is 5.73 Å². The van der Waals surface area contributed by atoms with Crippen molar-refractivity contribution < 1.29 is 17.8 Å². The maximum absolute atomic E-state index is 10.7. The Labute approximate surface area is 91.6 Å². The van der Waals surface area contributed by atoms with Crippen molar-refractivity contribution in [3.05, 3.63) is 28.8 Å². The van der Waals surface area contributed by atoms with Crippen LogP contribution in [0.2, 0.25) is 5.02 Å². The van der Waals surface area contributed by atoms with Crippen LogP contribution in [0.1, 0.15) is 5.56 Å². The predicted octanol–water partition coefficient (Wildman–Crippen LogP) is 0.615. The molecule has 1 amide bonds. The fourth-order valence-corrected chi connectivity index (χ4v) is 1.84. The van der Waals surface area contributed by atoms with Crippen molar-refractivity contribution in [2.45, 2.75) is 11.3 Å². The summed E-state index contributed by atoms with van der Waals surface area (Å²) in [5.74, 6) is -0.573. The Balaban J connectivity index is 3.15. The number of hydrogen-bond acceptors (Lipinski definition) is 3. The lowest BCUT2D eigenvalue weighted by Crippen LogP contribution is -2.14. The number of carbonyl (C=O) groups is 1. The molecule has 0 atom stereocenters. The van der Waals surface area contributed by atoms with Gasteiger partial charge in [-0.1, -0.05) is 17.7 Å². The highest BCUT2D eigenvalue weighted by atomic mass is 35.5. The monoisotopic (exact) mass is 249 g/mol. The van der Waals surface area contributed by atoms with E-state index in [4.69, 9.17) is 21.9 Å². The molecular weight excluding hydrogens is 242 g/mol. The van der Waals surface area contributed by atoms with Gasteiger partial charge in [-0.2, -0.15) is 8.42 Å². The first kappa shape index (κ1) is 12.0. The van der Waals surface area contributed by atoms with E-state index in [9.17, 15) is 13.2 Å². The Morgan fingerprint density at radius 1 is 1.47 bits per heavy atom. The van der Waals surface area contributed by atoms with E-state index in [1.165, 1.54) is 6.07 Å². The Hall–Kier alpha value is -1.11. The van der Waals surface area contributed by atoms with Crippen molar-refractivity contribution in [1.82, 2.24) is 0 Å². The van der Waals surface area contributed by atoms with Crippen molar-refractivity contribution in [3.8, 4) is 0 Å². The van der Waals surface area contributed by atoms with Crippen LogP contribution < -0.4 is 5.73 Å². The highest BCUT2D eigenvalue weighted by Gasteiger charge is 2.12. The standard InChI is InChI=1S/C8H8ClNO4S/c9-7-4-6(15(12,13)14)2-1-5(7)3-8(10)11/h1-2,4H,3H2,(H2,10,11)(H,12,13,14). The molecule has 82 valence electrons. The van der Waals surface area contributed by atoms with Crippen LogP contribution in [-0.4, -0.2) is 18.9 Å². The molecule has 7 heteroatoms. The molecule has 5 nitrogen and oxygen atoms in total. The predicted molar refractivity (Wildman–Crippen MR) is 54.2 cm³/mol. The van der Waals surface area contributed by atoms with Crippen LogP contribution in [0, 0.1) is 0 Å². The SMILES string of the molecule is NC(=O)Cc1ccc(S(=O)(=O)O)cc1Cl. The second-order valence-electron chi connectivity index (χ2n) is 2.87. The zero-order chi connectivity index (χ0) is 11.6. The Kier molecular flexibility index (Phi) is 3.33. The van der Waals surface area contributed by atoms with Gasteiger partial charge in [0, 0.05) is 5.02 Å². The van der Waals surface area contributed by atoms with Crippen LogP contribution in [0.25, 0.3) is 0 Å². The molecule has 0 saturated carbocycles. The average molecular weight is 250 g/mol. The summed E-state index contributed by atoms with van der Waals surface area (Å²) in [5, 5.41) is 0.0731. The minimum absolute atomic E-state index is 0.0731. The number of primary amides is 1. The molecule has 0 aliphatic heterocycles. The van der Waals surface area contributed by atoms with Crippen molar-refractivity contribution in [2.75, 3.05) is 0 Å². The average Bonchev–Trinajstić information content (AvgIpc) is 2.05. The van der Waals surface area contributed by atoms with Crippen LogP contribution in [0.3, 0.4) is 0 Å². The minimum atomic E-state index is -4.27. The normalized spacial score (nSPS) is 11.3. The number of rotatable bonds is 3. The van der Waals surface area contributed by atoms with E-state index in [1.807, 2.05) is 0 Å². The van der Waals surface area contributed by atoms with Crippen LogP contribution in [0.4, 0.5) is 0 Å². The lowest BCUT2D eigenvalue weighted by atomic mass is 10.1.